The smallest absolute Gasteiger partial charge is 0.0798 e. The van der Waals surface area contributed by atoms with E-state index in [4.69, 9.17) is 21.7 Å². The number of hydrogen-bond donors (Lipinski definition) is 4. The summed E-state index contributed by atoms with van der Waals surface area (Å²) in [5.74, 6) is 0. The molecule has 0 aromatic rings. The van der Waals surface area contributed by atoms with Crippen LogP contribution in [0.1, 0.15) is 13.8 Å². The molecule has 0 aromatic carbocycles. The van der Waals surface area contributed by atoms with Crippen LogP contribution in [0.5, 0.6) is 0 Å². The molecule has 0 amide bonds. The van der Waals surface area contributed by atoms with Gasteiger partial charge in [0.1, 0.15) is 0 Å². The molecule has 62 valence electrons. The van der Waals surface area contributed by atoms with E-state index < -0.39 is 17.7 Å². The molecule has 6 N–H and O–H groups in total. The van der Waals surface area contributed by atoms with Crippen molar-refractivity contribution < 1.29 is 10.2 Å². The van der Waals surface area contributed by atoms with E-state index >= 15 is 0 Å². The second kappa shape index (κ2) is 3.30. The van der Waals surface area contributed by atoms with Crippen molar-refractivity contribution in [2.24, 2.45) is 11.5 Å². The van der Waals surface area contributed by atoms with E-state index in [1.54, 1.807) is 0 Å². The fourth-order valence-corrected chi connectivity index (χ4v) is 0.690. The first kappa shape index (κ1) is 9.84. The van der Waals surface area contributed by atoms with E-state index in [9.17, 15) is 0 Å². The highest BCUT2D eigenvalue weighted by molar-refractivity contribution is 4.94. The van der Waals surface area contributed by atoms with Crippen LogP contribution in [0.15, 0.2) is 0 Å². The summed E-state index contributed by atoms with van der Waals surface area (Å²) in [6, 6.07) is 0. The average Bonchev–Trinajstić information content (AvgIpc) is 1.85. The zero-order chi connectivity index (χ0) is 8.36. The van der Waals surface area contributed by atoms with Crippen molar-refractivity contribution in [3.8, 4) is 0 Å². The molecular formula is C6H16N2O2. The van der Waals surface area contributed by atoms with Crippen LogP contribution in [0.25, 0.3) is 0 Å². The van der Waals surface area contributed by atoms with Gasteiger partial charge in [-0.3, -0.25) is 0 Å². The molecule has 0 aliphatic heterocycles. The van der Waals surface area contributed by atoms with Crippen LogP contribution in [0.3, 0.4) is 0 Å². The minimum Gasteiger partial charge on any atom is -0.391 e. The Morgan fingerprint density at radius 1 is 1.30 bits per heavy atom. The monoisotopic (exact) mass is 148 g/mol. The molecule has 0 aliphatic carbocycles. The van der Waals surface area contributed by atoms with Gasteiger partial charge in [-0.2, -0.15) is 0 Å². The van der Waals surface area contributed by atoms with Crippen molar-refractivity contribution in [2.75, 3.05) is 6.54 Å². The van der Waals surface area contributed by atoms with Gasteiger partial charge in [0.2, 0.25) is 0 Å². The molecule has 2 atom stereocenters. The Hall–Kier alpha value is -0.160. The Bertz CT molecular complexity index is 95.9. The van der Waals surface area contributed by atoms with Crippen LogP contribution < -0.4 is 11.5 Å². The first-order valence-corrected chi connectivity index (χ1v) is 3.30. The maximum absolute atomic E-state index is 9.08. The van der Waals surface area contributed by atoms with Gasteiger partial charge >= 0.3 is 0 Å². The predicted molar refractivity (Wildman–Crippen MR) is 39.3 cm³/mol. The molecule has 10 heavy (non-hydrogen) atoms. The van der Waals surface area contributed by atoms with Gasteiger partial charge in [-0.25, -0.2) is 0 Å². The highest BCUT2D eigenvalue weighted by Gasteiger charge is 2.34. The Morgan fingerprint density at radius 3 is 1.60 bits per heavy atom. The summed E-state index contributed by atoms with van der Waals surface area (Å²) in [6.45, 7) is 3.10. The highest BCUT2D eigenvalue weighted by atomic mass is 16.3. The molecule has 4 nitrogen and oxygen atoms in total. The van der Waals surface area contributed by atoms with Crippen LogP contribution in [0.4, 0.5) is 0 Å². The largest absolute Gasteiger partial charge is 0.391 e. The summed E-state index contributed by atoms with van der Waals surface area (Å²) in [5, 5.41) is 18.2. The van der Waals surface area contributed by atoms with Gasteiger partial charge in [-0.1, -0.05) is 0 Å². The second-order valence-electron chi connectivity index (χ2n) is 2.67. The molecule has 0 heterocycles. The van der Waals surface area contributed by atoms with Crippen LogP contribution in [0, 0.1) is 0 Å². The lowest BCUT2D eigenvalue weighted by molar-refractivity contribution is 0.0127. The summed E-state index contributed by atoms with van der Waals surface area (Å²) in [7, 11) is 0. The van der Waals surface area contributed by atoms with E-state index in [0.29, 0.717) is 0 Å². The molecule has 0 aromatic heterocycles. The molecule has 0 bridgehead atoms. The van der Waals surface area contributed by atoms with Crippen molar-refractivity contribution in [2.45, 2.75) is 31.6 Å². The normalized spacial score (nSPS) is 23.4. The third kappa shape index (κ3) is 1.67. The van der Waals surface area contributed by atoms with Crippen LogP contribution in [-0.4, -0.2) is 34.5 Å². The zero-order valence-electron chi connectivity index (χ0n) is 6.41. The predicted octanol–water partition coefficient (Wildman–Crippen LogP) is -1.60. The number of aliphatic hydroxyl groups is 2. The number of rotatable bonds is 3. The van der Waals surface area contributed by atoms with Gasteiger partial charge in [0.15, 0.2) is 0 Å². The van der Waals surface area contributed by atoms with Crippen molar-refractivity contribution in [1.82, 2.24) is 0 Å². The van der Waals surface area contributed by atoms with Crippen molar-refractivity contribution in [3.05, 3.63) is 0 Å². The Kier molecular flexibility index (Phi) is 3.24. The highest BCUT2D eigenvalue weighted by Crippen LogP contribution is 2.10. The molecule has 0 rings (SSSR count). The molecule has 0 radical (unpaired) electrons. The van der Waals surface area contributed by atoms with E-state index in [-0.39, 0.29) is 6.54 Å². The SMILES string of the molecule is CC(O)C(N)(CN)C(C)O. The lowest BCUT2D eigenvalue weighted by atomic mass is 9.89. The molecule has 0 spiro atoms. The molecule has 4 heteroatoms. The van der Waals surface area contributed by atoms with E-state index in [1.165, 1.54) is 13.8 Å². The van der Waals surface area contributed by atoms with Crippen molar-refractivity contribution >= 4 is 0 Å². The van der Waals surface area contributed by atoms with Crippen LogP contribution in [0.2, 0.25) is 0 Å². The average molecular weight is 148 g/mol. The molecular weight excluding hydrogens is 132 g/mol. The quantitative estimate of drug-likeness (QED) is 0.388. The fraction of sp³-hybridized carbons (Fsp3) is 1.00. The Labute approximate surface area is 60.8 Å². The van der Waals surface area contributed by atoms with Gasteiger partial charge in [0, 0.05) is 6.54 Å². The zero-order valence-corrected chi connectivity index (χ0v) is 6.41. The summed E-state index contributed by atoms with van der Waals surface area (Å²) in [6.07, 6.45) is -1.59. The summed E-state index contributed by atoms with van der Waals surface area (Å²) in [4.78, 5) is 0. The molecule has 2 unspecified atom stereocenters. The molecule has 0 fully saturated rings. The van der Waals surface area contributed by atoms with Crippen molar-refractivity contribution in [1.29, 1.82) is 0 Å². The van der Waals surface area contributed by atoms with E-state index in [1.807, 2.05) is 0 Å². The third-order valence-corrected chi connectivity index (χ3v) is 1.91. The third-order valence-electron chi connectivity index (χ3n) is 1.91. The minimum absolute atomic E-state index is 0.0718. The number of hydrogen-bond acceptors (Lipinski definition) is 4. The first-order valence-electron chi connectivity index (χ1n) is 3.30. The van der Waals surface area contributed by atoms with Gasteiger partial charge in [-0.15, -0.1) is 0 Å². The maximum atomic E-state index is 9.08. The Balaban J connectivity index is 4.23. The number of nitrogens with two attached hydrogens (primary N) is 2. The summed E-state index contributed by atoms with van der Waals surface area (Å²) < 4.78 is 0. The van der Waals surface area contributed by atoms with Gasteiger partial charge < -0.3 is 21.7 Å². The first-order chi connectivity index (χ1) is 4.45. The molecule has 0 saturated carbocycles. The van der Waals surface area contributed by atoms with E-state index in [0.717, 1.165) is 0 Å². The van der Waals surface area contributed by atoms with Gasteiger partial charge in [0.05, 0.1) is 17.7 Å². The second-order valence-corrected chi connectivity index (χ2v) is 2.67. The lowest BCUT2D eigenvalue weighted by Gasteiger charge is -2.33. The Morgan fingerprint density at radius 2 is 1.60 bits per heavy atom. The van der Waals surface area contributed by atoms with Gasteiger partial charge in [0.25, 0.3) is 0 Å². The fourth-order valence-electron chi connectivity index (χ4n) is 0.690. The molecule has 0 saturated heterocycles. The summed E-state index contributed by atoms with van der Waals surface area (Å²) >= 11 is 0. The topological polar surface area (TPSA) is 92.5 Å². The number of aliphatic hydroxyl groups excluding tert-OH is 2. The maximum Gasteiger partial charge on any atom is 0.0798 e. The van der Waals surface area contributed by atoms with E-state index in [2.05, 4.69) is 0 Å². The van der Waals surface area contributed by atoms with Crippen LogP contribution in [-0.2, 0) is 0 Å². The van der Waals surface area contributed by atoms with Gasteiger partial charge in [-0.05, 0) is 13.8 Å². The van der Waals surface area contributed by atoms with Crippen LogP contribution >= 0.6 is 0 Å². The minimum atomic E-state index is -1.07. The standard InChI is InChI=1S/C6H16N2O2/c1-4(9)6(8,3-7)5(2)10/h4-5,9-10H,3,7-8H2,1-2H3. The van der Waals surface area contributed by atoms with Crippen molar-refractivity contribution in [3.63, 3.8) is 0 Å². The molecule has 0 aliphatic rings. The lowest BCUT2D eigenvalue weighted by Crippen LogP contribution is -2.62. The summed E-state index contributed by atoms with van der Waals surface area (Å²) in [5.41, 5.74) is 9.75.